The Morgan fingerprint density at radius 3 is 2.59 bits per heavy atom. The first-order valence-electron chi connectivity index (χ1n) is 11.7. The molecule has 0 saturated carbocycles. The summed E-state index contributed by atoms with van der Waals surface area (Å²) in [5, 5.41) is 9.19. The highest BCUT2D eigenvalue weighted by molar-refractivity contribution is 5.98. The summed E-state index contributed by atoms with van der Waals surface area (Å²) in [6.07, 6.45) is 0.885. The SMILES string of the molecule is Cc1ccc(CNC(=O)c2cc(C(=O)NCc3ccc4oc(=O)n(C)c4c3)nc3c(F)cnn23)c(C(N)=O)c1. The van der Waals surface area contributed by atoms with Crippen LogP contribution >= 0.6 is 0 Å². The molecule has 39 heavy (non-hydrogen) atoms. The number of halogens is 1. The van der Waals surface area contributed by atoms with Gasteiger partial charge in [0.15, 0.2) is 17.0 Å². The number of hydrogen-bond donors (Lipinski definition) is 3. The van der Waals surface area contributed by atoms with Gasteiger partial charge in [-0.2, -0.15) is 5.10 Å². The van der Waals surface area contributed by atoms with Crippen LogP contribution in [0.2, 0.25) is 0 Å². The fourth-order valence-electron chi connectivity index (χ4n) is 4.11. The lowest BCUT2D eigenvalue weighted by Gasteiger charge is -2.11. The molecule has 0 atom stereocenters. The maximum Gasteiger partial charge on any atom is 0.419 e. The molecule has 12 nitrogen and oxygen atoms in total. The molecular weight excluding hydrogens is 509 g/mol. The quantitative estimate of drug-likeness (QED) is 0.287. The Bertz CT molecular complexity index is 1850. The van der Waals surface area contributed by atoms with Crippen LogP contribution in [0.15, 0.2) is 57.9 Å². The number of hydrogen-bond acceptors (Lipinski definition) is 7. The topological polar surface area (TPSA) is 167 Å². The lowest BCUT2D eigenvalue weighted by molar-refractivity contribution is 0.0937. The Morgan fingerprint density at radius 2 is 1.82 bits per heavy atom. The van der Waals surface area contributed by atoms with Crippen LogP contribution in [0.4, 0.5) is 4.39 Å². The molecule has 0 saturated heterocycles. The van der Waals surface area contributed by atoms with E-state index in [1.165, 1.54) is 10.6 Å². The van der Waals surface area contributed by atoms with Crippen molar-refractivity contribution in [1.29, 1.82) is 0 Å². The smallest absolute Gasteiger partial charge is 0.408 e. The number of oxazole rings is 1. The second-order valence-electron chi connectivity index (χ2n) is 8.87. The van der Waals surface area contributed by atoms with E-state index >= 15 is 0 Å². The third-order valence-corrected chi connectivity index (χ3v) is 6.17. The molecule has 0 radical (unpaired) electrons. The van der Waals surface area contributed by atoms with Gasteiger partial charge in [-0.05, 0) is 36.2 Å². The summed E-state index contributed by atoms with van der Waals surface area (Å²) >= 11 is 0. The molecule has 0 spiro atoms. The number of nitrogens with two attached hydrogens (primary N) is 1. The van der Waals surface area contributed by atoms with Gasteiger partial charge in [0.05, 0.1) is 11.7 Å². The zero-order chi connectivity index (χ0) is 27.8. The predicted molar refractivity (Wildman–Crippen MR) is 136 cm³/mol. The average Bonchev–Trinajstić information content (AvgIpc) is 3.43. The van der Waals surface area contributed by atoms with Crippen molar-refractivity contribution in [2.24, 2.45) is 12.8 Å². The highest BCUT2D eigenvalue weighted by atomic mass is 19.1. The minimum Gasteiger partial charge on any atom is -0.408 e. The van der Waals surface area contributed by atoms with Crippen molar-refractivity contribution in [3.63, 3.8) is 0 Å². The molecule has 3 aromatic heterocycles. The Labute approximate surface area is 219 Å². The molecule has 3 heterocycles. The van der Waals surface area contributed by atoms with Gasteiger partial charge in [-0.15, -0.1) is 0 Å². The molecule has 4 N–H and O–H groups in total. The van der Waals surface area contributed by atoms with E-state index in [-0.39, 0.29) is 35.7 Å². The van der Waals surface area contributed by atoms with E-state index in [1.807, 2.05) is 0 Å². The number of benzene rings is 2. The molecule has 0 unspecified atom stereocenters. The first kappa shape index (κ1) is 25.3. The zero-order valence-electron chi connectivity index (χ0n) is 20.8. The lowest BCUT2D eigenvalue weighted by Crippen LogP contribution is -2.29. The maximum atomic E-state index is 14.4. The molecule has 0 aliphatic carbocycles. The van der Waals surface area contributed by atoms with E-state index < -0.39 is 29.3 Å². The minimum atomic E-state index is -0.820. The molecule has 0 fully saturated rings. The normalized spacial score (nSPS) is 11.2. The van der Waals surface area contributed by atoms with Crippen molar-refractivity contribution in [3.8, 4) is 0 Å². The van der Waals surface area contributed by atoms with Crippen molar-refractivity contribution >= 4 is 34.5 Å². The summed E-state index contributed by atoms with van der Waals surface area (Å²) < 4.78 is 21.8. The second-order valence-corrected chi connectivity index (χ2v) is 8.87. The lowest BCUT2D eigenvalue weighted by atomic mass is 10.0. The van der Waals surface area contributed by atoms with Gasteiger partial charge in [0.25, 0.3) is 11.8 Å². The van der Waals surface area contributed by atoms with Gasteiger partial charge in [0, 0.05) is 31.8 Å². The van der Waals surface area contributed by atoms with Crippen molar-refractivity contribution in [2.45, 2.75) is 20.0 Å². The summed E-state index contributed by atoms with van der Waals surface area (Å²) in [5.74, 6) is -3.31. The number of nitrogens with zero attached hydrogens (tertiary/aromatic N) is 4. The third kappa shape index (κ3) is 4.84. The molecule has 5 rings (SSSR count). The number of amides is 3. The molecular formula is C26H22FN7O5. The van der Waals surface area contributed by atoms with Crippen molar-refractivity contribution in [3.05, 3.63) is 98.7 Å². The van der Waals surface area contributed by atoms with Crippen molar-refractivity contribution in [1.82, 2.24) is 29.8 Å². The number of aromatic nitrogens is 4. The van der Waals surface area contributed by atoms with E-state index in [0.29, 0.717) is 22.2 Å². The Morgan fingerprint density at radius 1 is 1.05 bits per heavy atom. The highest BCUT2D eigenvalue weighted by Gasteiger charge is 2.21. The number of primary amides is 1. The van der Waals surface area contributed by atoms with Crippen LogP contribution in [-0.2, 0) is 20.1 Å². The Kier molecular flexibility index (Phi) is 6.40. The molecule has 2 aromatic carbocycles. The summed E-state index contributed by atoms with van der Waals surface area (Å²) in [6.45, 7) is 1.82. The monoisotopic (exact) mass is 531 g/mol. The highest BCUT2D eigenvalue weighted by Crippen LogP contribution is 2.16. The standard InChI is InChI=1S/C26H22FN7O5/c1-13-3-5-15(16(7-13)22(28)35)11-30-25(37)20-9-18(32-23-17(27)12-31-34(20)23)24(36)29-10-14-4-6-21-19(8-14)33(2)26(38)39-21/h3-9,12H,10-11H2,1-2H3,(H2,28,35)(H,29,36)(H,30,37). The molecule has 0 aliphatic rings. The van der Waals surface area contributed by atoms with E-state index in [9.17, 15) is 23.6 Å². The van der Waals surface area contributed by atoms with Crippen LogP contribution in [0, 0.1) is 12.7 Å². The predicted octanol–water partition coefficient (Wildman–Crippen LogP) is 1.58. The number of nitrogens with one attached hydrogen (secondary N) is 2. The summed E-state index contributed by atoms with van der Waals surface area (Å²) in [6, 6.07) is 11.2. The molecule has 3 amide bonds. The summed E-state index contributed by atoms with van der Waals surface area (Å²) in [4.78, 5) is 53.6. The molecule has 13 heteroatoms. The number of rotatable bonds is 7. The average molecular weight is 532 g/mol. The fraction of sp³-hybridized carbons (Fsp3) is 0.154. The molecule has 0 aliphatic heterocycles. The molecule has 198 valence electrons. The number of carbonyl (C=O) groups is 3. The largest absolute Gasteiger partial charge is 0.419 e. The van der Waals surface area contributed by atoms with Gasteiger partial charge in [-0.25, -0.2) is 18.7 Å². The first-order valence-corrected chi connectivity index (χ1v) is 11.7. The van der Waals surface area contributed by atoms with E-state index in [0.717, 1.165) is 16.3 Å². The van der Waals surface area contributed by atoms with Crippen LogP contribution in [-0.4, -0.2) is 36.9 Å². The maximum absolute atomic E-state index is 14.4. The van der Waals surface area contributed by atoms with Gasteiger partial charge < -0.3 is 20.8 Å². The summed E-state index contributed by atoms with van der Waals surface area (Å²) in [5.41, 5.74) is 8.00. The number of fused-ring (bicyclic) bond motifs is 2. The van der Waals surface area contributed by atoms with E-state index in [4.69, 9.17) is 10.2 Å². The Balaban J connectivity index is 1.38. The second kappa shape index (κ2) is 9.85. The van der Waals surface area contributed by atoms with Gasteiger partial charge in [0.2, 0.25) is 5.91 Å². The third-order valence-electron chi connectivity index (χ3n) is 6.17. The fourth-order valence-corrected chi connectivity index (χ4v) is 4.11. The van der Waals surface area contributed by atoms with Crippen LogP contribution in [0.1, 0.15) is 48.0 Å². The zero-order valence-corrected chi connectivity index (χ0v) is 20.8. The van der Waals surface area contributed by atoms with E-state index in [1.54, 1.807) is 50.4 Å². The minimum absolute atomic E-state index is 0.0501. The van der Waals surface area contributed by atoms with Crippen LogP contribution in [0.5, 0.6) is 0 Å². The van der Waals surface area contributed by atoms with Gasteiger partial charge in [-0.1, -0.05) is 23.8 Å². The first-order chi connectivity index (χ1) is 18.6. The number of carbonyl (C=O) groups excluding carboxylic acids is 3. The van der Waals surface area contributed by atoms with Crippen LogP contribution in [0.3, 0.4) is 0 Å². The van der Waals surface area contributed by atoms with Crippen molar-refractivity contribution < 1.29 is 23.2 Å². The van der Waals surface area contributed by atoms with Gasteiger partial charge in [-0.3, -0.25) is 19.0 Å². The molecule has 5 aromatic rings. The Hall–Kier alpha value is -5.33. The van der Waals surface area contributed by atoms with E-state index in [2.05, 4.69) is 20.7 Å². The van der Waals surface area contributed by atoms with Crippen LogP contribution in [0.25, 0.3) is 16.7 Å². The summed E-state index contributed by atoms with van der Waals surface area (Å²) in [7, 11) is 1.57. The van der Waals surface area contributed by atoms with Gasteiger partial charge in [0.1, 0.15) is 11.4 Å². The van der Waals surface area contributed by atoms with Gasteiger partial charge >= 0.3 is 5.76 Å². The molecule has 0 bridgehead atoms. The van der Waals surface area contributed by atoms with Crippen LogP contribution < -0.4 is 22.1 Å². The number of aryl methyl sites for hydroxylation is 2. The van der Waals surface area contributed by atoms with Crippen molar-refractivity contribution in [2.75, 3.05) is 0 Å².